The van der Waals surface area contributed by atoms with Crippen LogP contribution in [0, 0.1) is 16.7 Å². The highest BCUT2D eigenvalue weighted by Gasteiger charge is 2.33. The zero-order valence-corrected chi connectivity index (χ0v) is 37.0. The summed E-state index contributed by atoms with van der Waals surface area (Å²) < 4.78 is 5.11. The first kappa shape index (κ1) is 54.3. The van der Waals surface area contributed by atoms with E-state index in [2.05, 4.69) is 42.5 Å². The maximum Gasteiger partial charge on any atom is 0.243 e. The molecule has 1 aromatic rings. The summed E-state index contributed by atoms with van der Waals surface area (Å²) in [5, 5.41) is 55.1. The quantitative estimate of drug-likeness (QED) is 0.0165. The van der Waals surface area contributed by atoms with E-state index in [0.29, 0.717) is 17.6 Å². The molecule has 0 radical (unpaired) electrons. The number of benzene rings is 1. The summed E-state index contributed by atoms with van der Waals surface area (Å²) in [6.07, 6.45) is 5.22. The Kier molecular flexibility index (Phi) is 22.9. The smallest absolute Gasteiger partial charge is 0.243 e. The van der Waals surface area contributed by atoms with Crippen LogP contribution in [0.5, 0.6) is 5.75 Å². The molecule has 24 nitrogen and oxygen atoms in total. The van der Waals surface area contributed by atoms with E-state index in [0.717, 1.165) is 0 Å². The predicted molar refractivity (Wildman–Crippen MR) is 239 cm³/mol. The Labute approximate surface area is 377 Å². The normalized spacial score (nSPS) is 16.6. The van der Waals surface area contributed by atoms with Crippen molar-refractivity contribution in [1.29, 1.82) is 10.8 Å². The number of phenols is 1. The van der Waals surface area contributed by atoms with Crippen LogP contribution in [0.1, 0.15) is 64.4 Å². The Hall–Kier alpha value is -6.79. The number of phenolic OH excluding ortho intramolecular Hbond substituents is 1. The van der Waals surface area contributed by atoms with Crippen LogP contribution in [0.25, 0.3) is 0 Å². The molecule has 0 saturated carbocycles. The van der Waals surface area contributed by atoms with Crippen molar-refractivity contribution in [2.45, 2.75) is 101 Å². The van der Waals surface area contributed by atoms with E-state index in [1.54, 1.807) is 32.1 Å². The van der Waals surface area contributed by atoms with Gasteiger partial charge in [-0.05, 0) is 73.8 Å². The number of carbonyl (C=O) groups excluding carboxylic acids is 7. The van der Waals surface area contributed by atoms with Gasteiger partial charge in [0.25, 0.3) is 0 Å². The Morgan fingerprint density at radius 1 is 0.723 bits per heavy atom. The van der Waals surface area contributed by atoms with Gasteiger partial charge in [0.05, 0.1) is 19.1 Å². The predicted octanol–water partition coefficient (Wildman–Crippen LogP) is -3.90. The largest absolute Gasteiger partial charge is 0.508 e. The molecule has 0 aromatic heterocycles. The van der Waals surface area contributed by atoms with Gasteiger partial charge < -0.3 is 80.4 Å². The minimum absolute atomic E-state index is 0.00653. The molecule has 0 bridgehead atoms. The topological polar surface area (TPSA) is 417 Å². The third kappa shape index (κ3) is 21.4. The van der Waals surface area contributed by atoms with Crippen molar-refractivity contribution >= 4 is 53.3 Å². The first-order chi connectivity index (χ1) is 30.6. The molecule has 7 amide bonds. The summed E-state index contributed by atoms with van der Waals surface area (Å²) in [6, 6.07) is 0.0968. The maximum atomic E-state index is 14.1. The fourth-order valence-corrected chi connectivity index (χ4v) is 6.29. The molecule has 6 atom stereocenters. The number of carbonyl (C=O) groups is 7. The van der Waals surface area contributed by atoms with E-state index in [1.165, 1.54) is 31.4 Å². The van der Waals surface area contributed by atoms with Crippen LogP contribution in [0.4, 0.5) is 0 Å². The van der Waals surface area contributed by atoms with E-state index < -0.39 is 90.4 Å². The average Bonchev–Trinajstić information content (AvgIpc) is 3.24. The molecule has 20 N–H and O–H groups in total. The number of aromatic hydroxyl groups is 1. The average molecular weight is 915 g/mol. The molecular weight excluding hydrogens is 849 g/mol. The van der Waals surface area contributed by atoms with Crippen LogP contribution in [0.2, 0.25) is 0 Å². The van der Waals surface area contributed by atoms with Gasteiger partial charge in [0, 0.05) is 33.0 Å². The van der Waals surface area contributed by atoms with Crippen molar-refractivity contribution in [3.63, 3.8) is 0 Å². The van der Waals surface area contributed by atoms with E-state index >= 15 is 0 Å². The number of amides is 7. The molecule has 0 heterocycles. The van der Waals surface area contributed by atoms with E-state index in [9.17, 15) is 43.8 Å². The van der Waals surface area contributed by atoms with Crippen molar-refractivity contribution < 1.29 is 48.5 Å². The van der Waals surface area contributed by atoms with Crippen molar-refractivity contribution in [3.05, 3.63) is 53.6 Å². The maximum absolute atomic E-state index is 14.1. The minimum atomic E-state index is -1.59. The van der Waals surface area contributed by atoms with Gasteiger partial charge in [0.1, 0.15) is 29.9 Å². The standard InChI is InChI=1S/C41H66N14O10/c1-23(2)18-30(37(62)54-29(7-5-17-49-40(46)47)36(61)53-28(34(43)59)6-4-16-48-39(44)45)55-38(63)31(20-25-12-14-41(64,65-3)15-13-25)52-33(58)22-50-32(57)21-51-35(60)27(42)19-24-8-10-26(56)11-9-24/h8-14,23,27-31,56,64H,4-7,15-22,42H2,1-3H3,(H2,43,59)(H,50,57)(H,51,60)(H,52,58)(H,53,61)(H,54,62)(H,55,63)(H4,44,45,48)(H4,46,47,49)/t27-,28-,29-,30-,31-,41?/m0/s1. The second kappa shape index (κ2) is 27.4. The van der Waals surface area contributed by atoms with Crippen molar-refractivity contribution in [1.82, 2.24) is 42.5 Å². The molecule has 65 heavy (non-hydrogen) atoms. The summed E-state index contributed by atoms with van der Waals surface area (Å²) in [5.74, 6) is -7.64. The molecule has 0 spiro atoms. The van der Waals surface area contributed by atoms with Crippen LogP contribution in [0.3, 0.4) is 0 Å². The zero-order valence-electron chi connectivity index (χ0n) is 37.0. The number of aliphatic hydroxyl groups is 1. The SMILES string of the molecule is COC1(O)C=CC(C[C@H](NC(=O)CNC(=O)CNC(=O)[C@@H](N)Cc2ccc(O)cc2)C(=O)N[C@@H](CC(C)C)C(=O)N[C@@H](CCCNC(=N)N)C(=O)N[C@@H](CCCNC(=N)N)C(N)=O)=CC1. The lowest BCUT2D eigenvalue weighted by atomic mass is 9.96. The fourth-order valence-electron chi connectivity index (χ4n) is 6.29. The van der Waals surface area contributed by atoms with Crippen LogP contribution < -0.4 is 65.5 Å². The van der Waals surface area contributed by atoms with Gasteiger partial charge in [-0.15, -0.1) is 0 Å². The molecular formula is C41H66N14O10. The second-order valence-electron chi connectivity index (χ2n) is 15.8. The summed E-state index contributed by atoms with van der Waals surface area (Å²) >= 11 is 0. The lowest BCUT2D eigenvalue weighted by Crippen LogP contribution is -2.58. The molecule has 1 aliphatic rings. The summed E-state index contributed by atoms with van der Waals surface area (Å²) in [7, 11) is 1.31. The molecule has 1 aromatic carbocycles. The first-order valence-electron chi connectivity index (χ1n) is 21.0. The Balaban J connectivity index is 2.22. The fraction of sp³-hybridized carbons (Fsp3) is 0.537. The highest BCUT2D eigenvalue weighted by Crippen LogP contribution is 2.24. The Morgan fingerprint density at radius 3 is 1.80 bits per heavy atom. The number of nitrogens with two attached hydrogens (primary N) is 4. The van der Waals surface area contributed by atoms with Gasteiger partial charge in [-0.2, -0.15) is 0 Å². The van der Waals surface area contributed by atoms with Crippen LogP contribution >= 0.6 is 0 Å². The van der Waals surface area contributed by atoms with Gasteiger partial charge >= 0.3 is 0 Å². The lowest BCUT2D eigenvalue weighted by molar-refractivity contribution is -0.143. The van der Waals surface area contributed by atoms with E-state index in [-0.39, 0.29) is 81.6 Å². The first-order valence-corrected chi connectivity index (χ1v) is 21.0. The lowest BCUT2D eigenvalue weighted by Gasteiger charge is -2.28. The number of hydrogen-bond acceptors (Lipinski definition) is 13. The number of allylic oxidation sites excluding steroid dienone is 1. The van der Waals surface area contributed by atoms with Crippen molar-refractivity contribution in [2.75, 3.05) is 33.3 Å². The van der Waals surface area contributed by atoms with Gasteiger partial charge in [-0.3, -0.25) is 44.4 Å². The van der Waals surface area contributed by atoms with Crippen molar-refractivity contribution in [3.8, 4) is 5.75 Å². The third-order valence-electron chi connectivity index (χ3n) is 9.86. The number of primary amides is 1. The number of ether oxygens (including phenoxy) is 1. The minimum Gasteiger partial charge on any atom is -0.508 e. The zero-order chi connectivity index (χ0) is 48.7. The van der Waals surface area contributed by atoms with E-state index in [1.807, 2.05) is 0 Å². The van der Waals surface area contributed by atoms with Gasteiger partial charge in [0.2, 0.25) is 41.4 Å². The number of guanidine groups is 2. The highest BCUT2D eigenvalue weighted by atomic mass is 16.6. The Bertz CT molecular complexity index is 1890. The third-order valence-corrected chi connectivity index (χ3v) is 9.86. The molecule has 0 saturated heterocycles. The highest BCUT2D eigenvalue weighted by molar-refractivity contribution is 5.96. The Morgan fingerprint density at radius 2 is 1.26 bits per heavy atom. The van der Waals surface area contributed by atoms with Crippen molar-refractivity contribution in [2.24, 2.45) is 28.9 Å². The molecule has 0 aliphatic heterocycles. The summed E-state index contributed by atoms with van der Waals surface area (Å²) in [5.41, 5.74) is 23.4. The summed E-state index contributed by atoms with van der Waals surface area (Å²) in [4.78, 5) is 92.3. The van der Waals surface area contributed by atoms with E-state index in [4.69, 9.17) is 38.5 Å². The molecule has 0 fully saturated rings. The molecule has 24 heteroatoms. The number of hydrogen-bond donors (Lipinski definition) is 16. The van der Waals surface area contributed by atoms with Crippen LogP contribution in [0.15, 0.2) is 48.1 Å². The molecule has 360 valence electrons. The van der Waals surface area contributed by atoms with Gasteiger partial charge in [-0.25, -0.2) is 0 Å². The monoisotopic (exact) mass is 915 g/mol. The number of rotatable bonds is 28. The van der Waals surface area contributed by atoms with Gasteiger partial charge in [0.15, 0.2) is 17.7 Å². The number of methoxy groups -OCH3 is 1. The van der Waals surface area contributed by atoms with Crippen LogP contribution in [-0.4, -0.2) is 133 Å². The molecule has 1 unspecified atom stereocenters. The second-order valence-corrected chi connectivity index (χ2v) is 15.8. The molecule has 2 rings (SSSR count). The van der Waals surface area contributed by atoms with Gasteiger partial charge in [-0.1, -0.05) is 38.1 Å². The summed E-state index contributed by atoms with van der Waals surface area (Å²) in [6.45, 7) is 2.85. The van der Waals surface area contributed by atoms with Crippen LogP contribution in [-0.2, 0) is 44.7 Å². The molecule has 1 aliphatic carbocycles. The number of nitrogens with one attached hydrogen (secondary N) is 10.